The van der Waals surface area contributed by atoms with Gasteiger partial charge in [0, 0.05) is 0 Å². The summed E-state index contributed by atoms with van der Waals surface area (Å²) in [5.74, 6) is -1.08. The molecule has 0 radical (unpaired) electrons. The lowest BCUT2D eigenvalue weighted by Gasteiger charge is -2.19. The topological polar surface area (TPSA) is 110 Å². The number of nitrogens with one attached hydrogen (secondary N) is 2. The number of rotatable bonds is 5. The van der Waals surface area contributed by atoms with E-state index in [0.29, 0.717) is 17.8 Å². The van der Waals surface area contributed by atoms with Gasteiger partial charge < -0.3 is 15.8 Å². The number of H-pyrrole nitrogens is 1. The third-order valence-corrected chi connectivity index (χ3v) is 2.86. The maximum atomic E-state index is 12.0. The lowest BCUT2D eigenvalue weighted by molar-refractivity contribution is -0.144. The van der Waals surface area contributed by atoms with Crippen molar-refractivity contribution in [3.63, 3.8) is 0 Å². The predicted octanol–water partition coefficient (Wildman–Crippen LogP) is 0.482. The first-order chi connectivity index (χ1) is 8.92. The number of hydrogen-bond acceptors (Lipinski definition) is 5. The summed E-state index contributed by atoms with van der Waals surface area (Å²) in [5.41, 5.74) is 6.92. The molecule has 0 aliphatic heterocycles. The van der Waals surface area contributed by atoms with Gasteiger partial charge in [0.15, 0.2) is 5.69 Å². The van der Waals surface area contributed by atoms with Crippen molar-refractivity contribution in [3.05, 3.63) is 11.4 Å². The Kier molecular flexibility index (Phi) is 4.91. The van der Waals surface area contributed by atoms with E-state index in [4.69, 9.17) is 5.73 Å². The average Bonchev–Trinajstić information content (AvgIpc) is 2.75. The van der Waals surface area contributed by atoms with Crippen LogP contribution in [0, 0.1) is 5.92 Å². The molecule has 0 saturated heterocycles. The van der Waals surface area contributed by atoms with Crippen molar-refractivity contribution < 1.29 is 14.3 Å². The summed E-state index contributed by atoms with van der Waals surface area (Å²) >= 11 is 0. The lowest BCUT2D eigenvalue weighted by Crippen LogP contribution is -2.45. The molecule has 1 aromatic heterocycles. The zero-order valence-electron chi connectivity index (χ0n) is 11.6. The van der Waals surface area contributed by atoms with Crippen LogP contribution in [0.2, 0.25) is 0 Å². The van der Waals surface area contributed by atoms with Crippen molar-refractivity contribution in [1.82, 2.24) is 15.5 Å². The van der Waals surface area contributed by atoms with Crippen LogP contribution >= 0.6 is 0 Å². The number of nitrogens with zero attached hydrogens (tertiary/aromatic N) is 1. The van der Waals surface area contributed by atoms with E-state index in [1.165, 1.54) is 7.11 Å². The molecule has 1 atom stereocenters. The quantitative estimate of drug-likeness (QED) is 0.673. The molecule has 19 heavy (non-hydrogen) atoms. The molecule has 1 unspecified atom stereocenters. The largest absolute Gasteiger partial charge is 0.467 e. The zero-order chi connectivity index (χ0) is 14.6. The first-order valence-corrected chi connectivity index (χ1v) is 6.13. The number of carbonyl (C=O) groups excluding carboxylic acids is 2. The maximum absolute atomic E-state index is 12.0. The van der Waals surface area contributed by atoms with Crippen LogP contribution in [0.25, 0.3) is 0 Å². The first kappa shape index (κ1) is 15.0. The molecule has 1 amide bonds. The van der Waals surface area contributed by atoms with E-state index < -0.39 is 17.9 Å². The average molecular weight is 268 g/mol. The van der Waals surface area contributed by atoms with Crippen LogP contribution in [0.1, 0.15) is 37.0 Å². The Morgan fingerprint density at radius 1 is 1.47 bits per heavy atom. The van der Waals surface area contributed by atoms with Gasteiger partial charge in [-0.1, -0.05) is 20.8 Å². The molecule has 0 fully saturated rings. The SMILES string of the molecule is CCc1[nH]nc(C(=O)NC(C(=O)OC)C(C)C)c1N. The molecular formula is C12H20N4O3. The van der Waals surface area contributed by atoms with Crippen molar-refractivity contribution in [2.45, 2.75) is 33.2 Å². The summed E-state index contributed by atoms with van der Waals surface area (Å²) in [5, 5.41) is 9.15. The van der Waals surface area contributed by atoms with Crippen LogP contribution in [0.3, 0.4) is 0 Å². The van der Waals surface area contributed by atoms with E-state index >= 15 is 0 Å². The number of methoxy groups -OCH3 is 1. The summed E-state index contributed by atoms with van der Waals surface area (Å²) in [4.78, 5) is 23.6. The molecule has 0 bridgehead atoms. The number of esters is 1. The van der Waals surface area contributed by atoms with E-state index in [0.717, 1.165) is 0 Å². The number of aromatic nitrogens is 2. The highest BCUT2D eigenvalue weighted by atomic mass is 16.5. The summed E-state index contributed by atoms with van der Waals surface area (Å²) in [6, 6.07) is -0.723. The van der Waals surface area contributed by atoms with E-state index in [1.54, 1.807) is 0 Å². The Bertz CT molecular complexity index is 468. The highest BCUT2D eigenvalue weighted by molar-refractivity contribution is 5.99. The molecule has 1 rings (SSSR count). The fraction of sp³-hybridized carbons (Fsp3) is 0.583. The molecule has 0 saturated carbocycles. The van der Waals surface area contributed by atoms with Crippen LogP contribution in [0.4, 0.5) is 5.69 Å². The van der Waals surface area contributed by atoms with Gasteiger partial charge in [-0.3, -0.25) is 9.89 Å². The number of ether oxygens (including phenoxy) is 1. The van der Waals surface area contributed by atoms with Gasteiger partial charge in [-0.2, -0.15) is 5.10 Å². The number of nitrogens with two attached hydrogens (primary N) is 1. The van der Waals surface area contributed by atoms with Gasteiger partial charge in [0.25, 0.3) is 5.91 Å². The van der Waals surface area contributed by atoms with Crippen molar-refractivity contribution in [2.75, 3.05) is 12.8 Å². The zero-order valence-corrected chi connectivity index (χ0v) is 11.6. The van der Waals surface area contributed by atoms with Crippen molar-refractivity contribution in [3.8, 4) is 0 Å². The summed E-state index contributed by atoms with van der Waals surface area (Å²) in [6.45, 7) is 5.53. The Labute approximate surface area is 111 Å². The molecule has 1 heterocycles. The molecular weight excluding hydrogens is 248 g/mol. The van der Waals surface area contributed by atoms with Crippen LogP contribution in [0.15, 0.2) is 0 Å². The number of carbonyl (C=O) groups is 2. The van der Waals surface area contributed by atoms with Gasteiger partial charge >= 0.3 is 5.97 Å². The van der Waals surface area contributed by atoms with E-state index in [9.17, 15) is 9.59 Å². The minimum absolute atomic E-state index is 0.0952. The fourth-order valence-corrected chi connectivity index (χ4v) is 1.66. The van der Waals surface area contributed by atoms with Crippen LogP contribution in [-0.2, 0) is 16.0 Å². The van der Waals surface area contributed by atoms with E-state index in [-0.39, 0.29) is 11.6 Å². The Morgan fingerprint density at radius 3 is 2.53 bits per heavy atom. The normalized spacial score (nSPS) is 12.3. The van der Waals surface area contributed by atoms with Gasteiger partial charge in [0.2, 0.25) is 0 Å². The Morgan fingerprint density at radius 2 is 2.11 bits per heavy atom. The van der Waals surface area contributed by atoms with Crippen molar-refractivity contribution in [2.24, 2.45) is 5.92 Å². The molecule has 106 valence electrons. The monoisotopic (exact) mass is 268 g/mol. The minimum atomic E-state index is -0.723. The highest BCUT2D eigenvalue weighted by Gasteiger charge is 2.27. The molecule has 7 nitrogen and oxygen atoms in total. The van der Waals surface area contributed by atoms with Crippen molar-refractivity contribution in [1.29, 1.82) is 0 Å². The van der Waals surface area contributed by atoms with Crippen LogP contribution in [0.5, 0.6) is 0 Å². The smallest absolute Gasteiger partial charge is 0.328 e. The van der Waals surface area contributed by atoms with Gasteiger partial charge in [0.05, 0.1) is 18.5 Å². The fourth-order valence-electron chi connectivity index (χ4n) is 1.66. The molecule has 4 N–H and O–H groups in total. The van der Waals surface area contributed by atoms with Gasteiger partial charge in [-0.25, -0.2) is 4.79 Å². The number of hydrogen-bond donors (Lipinski definition) is 3. The van der Waals surface area contributed by atoms with Crippen LogP contribution < -0.4 is 11.1 Å². The highest BCUT2D eigenvalue weighted by Crippen LogP contribution is 2.15. The first-order valence-electron chi connectivity index (χ1n) is 6.13. The third kappa shape index (κ3) is 3.24. The number of anilines is 1. The number of nitrogen functional groups attached to an aromatic ring is 1. The molecule has 0 aliphatic carbocycles. The third-order valence-electron chi connectivity index (χ3n) is 2.86. The summed E-state index contributed by atoms with van der Waals surface area (Å²) in [6.07, 6.45) is 0.650. The van der Waals surface area contributed by atoms with Gasteiger partial charge in [-0.15, -0.1) is 0 Å². The molecule has 1 aromatic rings. The summed E-state index contributed by atoms with van der Waals surface area (Å²) < 4.78 is 4.65. The van der Waals surface area contributed by atoms with E-state index in [2.05, 4.69) is 20.3 Å². The standard InChI is InChI=1S/C12H20N4O3/c1-5-7-8(13)10(16-15-7)11(17)14-9(6(2)3)12(18)19-4/h6,9H,5,13H2,1-4H3,(H,14,17)(H,15,16). The second kappa shape index (κ2) is 6.21. The predicted molar refractivity (Wildman–Crippen MR) is 70.5 cm³/mol. The molecule has 0 spiro atoms. The Hall–Kier alpha value is -2.05. The second-order valence-electron chi connectivity index (χ2n) is 4.54. The van der Waals surface area contributed by atoms with Crippen molar-refractivity contribution >= 4 is 17.6 Å². The molecule has 0 aromatic carbocycles. The second-order valence-corrected chi connectivity index (χ2v) is 4.54. The number of aromatic amines is 1. The van der Waals surface area contributed by atoms with Gasteiger partial charge in [0.1, 0.15) is 6.04 Å². The molecule has 0 aliphatic rings. The molecule has 7 heteroatoms. The number of aryl methyl sites for hydroxylation is 1. The lowest BCUT2D eigenvalue weighted by atomic mass is 10.0. The van der Waals surface area contributed by atoms with Gasteiger partial charge in [-0.05, 0) is 12.3 Å². The summed E-state index contributed by atoms with van der Waals surface area (Å²) in [7, 11) is 1.28. The Balaban J connectivity index is 2.88. The van der Waals surface area contributed by atoms with E-state index in [1.807, 2.05) is 20.8 Å². The minimum Gasteiger partial charge on any atom is -0.467 e. The maximum Gasteiger partial charge on any atom is 0.328 e. The van der Waals surface area contributed by atoms with Crippen LogP contribution in [-0.4, -0.2) is 35.2 Å². The number of amides is 1.